The molecule has 134 valence electrons. The molecule has 1 saturated carbocycles. The predicted molar refractivity (Wildman–Crippen MR) is 96.3 cm³/mol. The van der Waals surface area contributed by atoms with Crippen molar-refractivity contribution in [3.8, 4) is 5.75 Å². The minimum Gasteiger partial charge on any atom is -0.497 e. The van der Waals surface area contributed by atoms with E-state index >= 15 is 0 Å². The molecule has 0 heterocycles. The highest BCUT2D eigenvalue weighted by atomic mass is 16.5. The van der Waals surface area contributed by atoms with E-state index in [9.17, 15) is 9.90 Å². The van der Waals surface area contributed by atoms with E-state index in [1.807, 2.05) is 38.2 Å². The number of aliphatic hydroxyl groups is 1. The summed E-state index contributed by atoms with van der Waals surface area (Å²) in [4.78, 5) is 14.8. The van der Waals surface area contributed by atoms with Crippen molar-refractivity contribution < 1.29 is 14.6 Å². The van der Waals surface area contributed by atoms with Crippen LogP contribution in [0.5, 0.6) is 5.75 Å². The Kier molecular flexibility index (Phi) is 6.63. The van der Waals surface area contributed by atoms with Gasteiger partial charge in [0.1, 0.15) is 5.75 Å². The molecular weight excluding hydrogens is 304 g/mol. The second-order valence-electron chi connectivity index (χ2n) is 6.92. The lowest BCUT2D eigenvalue weighted by molar-refractivity contribution is -0.121. The zero-order valence-electron chi connectivity index (χ0n) is 15.0. The molecule has 0 radical (unpaired) electrons. The van der Waals surface area contributed by atoms with Crippen molar-refractivity contribution >= 4 is 11.6 Å². The molecule has 0 aliphatic heterocycles. The predicted octanol–water partition coefficient (Wildman–Crippen LogP) is 2.90. The van der Waals surface area contributed by atoms with Gasteiger partial charge in [-0.2, -0.15) is 0 Å². The van der Waals surface area contributed by atoms with Crippen LogP contribution in [-0.4, -0.2) is 49.3 Å². The fraction of sp³-hybridized carbons (Fsp3) is 0.632. The van der Waals surface area contributed by atoms with E-state index < -0.39 is 0 Å². The van der Waals surface area contributed by atoms with Gasteiger partial charge in [-0.3, -0.25) is 9.69 Å². The van der Waals surface area contributed by atoms with Crippen molar-refractivity contribution in [3.05, 3.63) is 24.3 Å². The standard InChI is InChI=1S/C19H30N2O3/c1-4-17(21(2)13-19(14-22)11-5-6-12-19)18(23)20-15-7-9-16(24-3)10-8-15/h7-10,17,22H,4-6,11-14H2,1-3H3,(H,20,23). The molecule has 5 nitrogen and oxygen atoms in total. The van der Waals surface area contributed by atoms with Gasteiger partial charge in [0.2, 0.25) is 5.91 Å². The topological polar surface area (TPSA) is 61.8 Å². The molecule has 1 unspecified atom stereocenters. The third kappa shape index (κ3) is 4.48. The van der Waals surface area contributed by atoms with Crippen molar-refractivity contribution in [1.29, 1.82) is 0 Å². The largest absolute Gasteiger partial charge is 0.497 e. The lowest BCUT2D eigenvalue weighted by Gasteiger charge is -2.35. The summed E-state index contributed by atoms with van der Waals surface area (Å²) in [5, 5.41) is 12.8. The average molecular weight is 334 g/mol. The number of carbonyl (C=O) groups is 1. The number of nitrogens with zero attached hydrogens (tertiary/aromatic N) is 1. The lowest BCUT2D eigenvalue weighted by Crippen LogP contribution is -2.47. The Balaban J connectivity index is 1.98. The van der Waals surface area contributed by atoms with Gasteiger partial charge in [0.05, 0.1) is 13.2 Å². The molecule has 1 aromatic rings. The maximum absolute atomic E-state index is 12.7. The number of hydrogen-bond acceptors (Lipinski definition) is 4. The van der Waals surface area contributed by atoms with Gasteiger partial charge in [-0.1, -0.05) is 19.8 Å². The van der Waals surface area contributed by atoms with Crippen LogP contribution in [0.4, 0.5) is 5.69 Å². The second kappa shape index (κ2) is 8.49. The number of ether oxygens (including phenoxy) is 1. The Morgan fingerprint density at radius 2 is 1.96 bits per heavy atom. The van der Waals surface area contributed by atoms with Crippen molar-refractivity contribution in [2.75, 3.05) is 32.6 Å². The van der Waals surface area contributed by atoms with Gasteiger partial charge < -0.3 is 15.2 Å². The monoisotopic (exact) mass is 334 g/mol. The molecule has 5 heteroatoms. The van der Waals surface area contributed by atoms with Crippen LogP contribution in [0.3, 0.4) is 0 Å². The van der Waals surface area contributed by atoms with Crippen LogP contribution >= 0.6 is 0 Å². The first kappa shape index (κ1) is 18.7. The molecule has 0 bridgehead atoms. The summed E-state index contributed by atoms with van der Waals surface area (Å²) in [5.74, 6) is 0.763. The van der Waals surface area contributed by atoms with E-state index in [2.05, 4.69) is 10.2 Å². The third-order valence-corrected chi connectivity index (χ3v) is 5.16. The molecule has 0 aromatic heterocycles. The van der Waals surface area contributed by atoms with Crippen LogP contribution in [0, 0.1) is 5.41 Å². The summed E-state index contributed by atoms with van der Waals surface area (Å²) < 4.78 is 5.13. The summed E-state index contributed by atoms with van der Waals surface area (Å²) in [6, 6.07) is 7.15. The molecule has 2 rings (SSSR count). The highest BCUT2D eigenvalue weighted by Crippen LogP contribution is 2.38. The molecule has 1 aliphatic carbocycles. The summed E-state index contributed by atoms with van der Waals surface area (Å²) in [6.07, 6.45) is 5.17. The van der Waals surface area contributed by atoms with Gasteiger partial charge in [-0.15, -0.1) is 0 Å². The minimum atomic E-state index is -0.198. The van der Waals surface area contributed by atoms with E-state index in [4.69, 9.17) is 4.74 Å². The Morgan fingerprint density at radius 1 is 1.33 bits per heavy atom. The highest BCUT2D eigenvalue weighted by molar-refractivity contribution is 5.94. The molecular formula is C19H30N2O3. The molecule has 0 spiro atoms. The Bertz CT molecular complexity index is 524. The van der Waals surface area contributed by atoms with E-state index in [-0.39, 0.29) is 24.0 Å². The normalized spacial score (nSPS) is 17.7. The molecule has 1 aliphatic rings. The van der Waals surface area contributed by atoms with Gasteiger partial charge in [0, 0.05) is 24.3 Å². The number of nitrogens with one attached hydrogen (secondary N) is 1. The summed E-state index contributed by atoms with van der Waals surface area (Å²) in [7, 11) is 3.60. The number of amides is 1. The molecule has 1 amide bonds. The summed E-state index contributed by atoms with van der Waals surface area (Å²) >= 11 is 0. The number of aliphatic hydroxyl groups excluding tert-OH is 1. The molecule has 2 N–H and O–H groups in total. The quantitative estimate of drug-likeness (QED) is 0.767. The molecule has 1 atom stereocenters. The molecule has 1 aromatic carbocycles. The Labute approximate surface area is 145 Å². The second-order valence-corrected chi connectivity index (χ2v) is 6.92. The van der Waals surface area contributed by atoms with Crippen molar-refractivity contribution in [3.63, 3.8) is 0 Å². The maximum atomic E-state index is 12.7. The van der Waals surface area contributed by atoms with Crippen molar-refractivity contribution in [2.45, 2.75) is 45.1 Å². The maximum Gasteiger partial charge on any atom is 0.241 e. The Hall–Kier alpha value is -1.59. The number of carbonyl (C=O) groups excluding carboxylic acids is 1. The van der Waals surface area contributed by atoms with Crippen LogP contribution in [0.25, 0.3) is 0 Å². The smallest absolute Gasteiger partial charge is 0.241 e. The first-order valence-electron chi connectivity index (χ1n) is 8.79. The number of hydrogen-bond donors (Lipinski definition) is 2. The van der Waals surface area contributed by atoms with Crippen LogP contribution < -0.4 is 10.1 Å². The number of rotatable bonds is 8. The molecule has 0 saturated heterocycles. The number of anilines is 1. The third-order valence-electron chi connectivity index (χ3n) is 5.16. The van der Waals surface area contributed by atoms with E-state index in [1.54, 1.807) is 7.11 Å². The highest BCUT2D eigenvalue weighted by Gasteiger charge is 2.36. The number of methoxy groups -OCH3 is 1. The lowest BCUT2D eigenvalue weighted by atomic mass is 9.86. The van der Waals surface area contributed by atoms with Crippen LogP contribution in [0.15, 0.2) is 24.3 Å². The van der Waals surface area contributed by atoms with Crippen LogP contribution in [0.1, 0.15) is 39.0 Å². The SMILES string of the molecule is CCC(C(=O)Nc1ccc(OC)cc1)N(C)CC1(CO)CCCC1. The minimum absolute atomic E-state index is 0.00347. The number of likely N-dealkylation sites (N-methyl/N-ethyl adjacent to an activating group) is 1. The Morgan fingerprint density at radius 3 is 2.46 bits per heavy atom. The van der Waals surface area contributed by atoms with Crippen molar-refractivity contribution in [2.24, 2.45) is 5.41 Å². The average Bonchev–Trinajstić information content (AvgIpc) is 3.05. The molecule has 24 heavy (non-hydrogen) atoms. The fourth-order valence-corrected chi connectivity index (χ4v) is 3.73. The van der Waals surface area contributed by atoms with Gasteiger partial charge in [-0.25, -0.2) is 0 Å². The zero-order chi connectivity index (χ0) is 17.6. The van der Waals surface area contributed by atoms with Gasteiger partial charge in [0.15, 0.2) is 0 Å². The van der Waals surface area contributed by atoms with Gasteiger partial charge >= 0.3 is 0 Å². The van der Waals surface area contributed by atoms with Gasteiger partial charge in [-0.05, 0) is 50.6 Å². The fourth-order valence-electron chi connectivity index (χ4n) is 3.73. The summed E-state index contributed by atoms with van der Waals surface area (Å²) in [6.45, 7) is 2.99. The molecule has 1 fully saturated rings. The summed E-state index contributed by atoms with van der Waals surface area (Å²) in [5.41, 5.74) is 0.730. The van der Waals surface area contributed by atoms with Crippen LogP contribution in [-0.2, 0) is 4.79 Å². The first-order valence-corrected chi connectivity index (χ1v) is 8.79. The first-order chi connectivity index (χ1) is 11.5. The van der Waals surface area contributed by atoms with Crippen molar-refractivity contribution in [1.82, 2.24) is 4.90 Å². The van der Waals surface area contributed by atoms with E-state index in [0.29, 0.717) is 0 Å². The van der Waals surface area contributed by atoms with Gasteiger partial charge in [0.25, 0.3) is 0 Å². The zero-order valence-corrected chi connectivity index (χ0v) is 15.0. The number of benzene rings is 1. The van der Waals surface area contributed by atoms with Crippen LogP contribution in [0.2, 0.25) is 0 Å². The van der Waals surface area contributed by atoms with E-state index in [0.717, 1.165) is 37.2 Å². The van der Waals surface area contributed by atoms with E-state index in [1.165, 1.54) is 12.8 Å².